The van der Waals surface area contributed by atoms with Crippen LogP contribution >= 0.6 is 12.4 Å². The molecular weight excluding hydrogens is 222 g/mol. The Hall–Kier alpha value is -0.580. The molecule has 0 bridgehead atoms. The normalized spacial score (nSPS) is 22.5. The fourth-order valence-corrected chi connectivity index (χ4v) is 3.51. The van der Waals surface area contributed by atoms with Crippen molar-refractivity contribution in [2.75, 3.05) is 12.8 Å². The van der Waals surface area contributed by atoms with E-state index in [4.69, 9.17) is 0 Å². The van der Waals surface area contributed by atoms with Crippen molar-refractivity contribution in [2.24, 2.45) is 0 Å². The van der Waals surface area contributed by atoms with E-state index in [1.807, 2.05) is 12.1 Å². The maximum absolute atomic E-state index is 11.6. The predicted octanol–water partition coefficient (Wildman–Crippen LogP) is 1.16. The van der Waals surface area contributed by atoms with E-state index in [-0.39, 0.29) is 24.2 Å². The SMILES string of the molecule is CNC1CS(=O)(=O)c2ccccc21.Cl. The van der Waals surface area contributed by atoms with Crippen LogP contribution in [0.4, 0.5) is 0 Å². The van der Waals surface area contributed by atoms with Crippen LogP contribution in [0.2, 0.25) is 0 Å². The standard InChI is InChI=1S/C9H11NO2S.ClH/c1-10-8-6-13(11,12)9-5-3-2-4-7(8)9;/h2-5,8,10H,6H2,1H3;1H. The number of benzene rings is 1. The molecule has 1 aliphatic heterocycles. The van der Waals surface area contributed by atoms with Crippen LogP contribution in [0, 0.1) is 0 Å². The van der Waals surface area contributed by atoms with E-state index >= 15 is 0 Å². The van der Waals surface area contributed by atoms with Crippen LogP contribution in [-0.2, 0) is 9.84 Å². The highest BCUT2D eigenvalue weighted by Crippen LogP contribution is 2.32. The highest BCUT2D eigenvalue weighted by Gasteiger charge is 2.32. The third-order valence-corrected chi connectivity index (χ3v) is 4.18. The lowest BCUT2D eigenvalue weighted by Gasteiger charge is -2.06. The lowest BCUT2D eigenvalue weighted by Crippen LogP contribution is -2.17. The molecule has 0 radical (unpaired) electrons. The zero-order chi connectivity index (χ0) is 9.47. The van der Waals surface area contributed by atoms with Crippen LogP contribution in [0.15, 0.2) is 29.2 Å². The first-order valence-electron chi connectivity index (χ1n) is 4.14. The van der Waals surface area contributed by atoms with Gasteiger partial charge in [0.25, 0.3) is 0 Å². The number of hydrogen-bond acceptors (Lipinski definition) is 3. The highest BCUT2D eigenvalue weighted by atomic mass is 35.5. The van der Waals surface area contributed by atoms with Crippen molar-refractivity contribution in [3.05, 3.63) is 29.8 Å². The first-order chi connectivity index (χ1) is 6.15. The molecule has 3 nitrogen and oxygen atoms in total. The van der Waals surface area contributed by atoms with Crippen LogP contribution < -0.4 is 5.32 Å². The predicted molar refractivity (Wildman–Crippen MR) is 57.5 cm³/mol. The van der Waals surface area contributed by atoms with Crippen LogP contribution in [0.3, 0.4) is 0 Å². The summed E-state index contributed by atoms with van der Waals surface area (Å²) in [7, 11) is -1.25. The lowest BCUT2D eigenvalue weighted by atomic mass is 10.1. The van der Waals surface area contributed by atoms with Crippen molar-refractivity contribution in [3.8, 4) is 0 Å². The maximum atomic E-state index is 11.6. The minimum absolute atomic E-state index is 0. The third-order valence-electron chi connectivity index (χ3n) is 2.36. The quantitative estimate of drug-likeness (QED) is 0.792. The van der Waals surface area contributed by atoms with E-state index in [0.29, 0.717) is 4.90 Å². The third kappa shape index (κ3) is 1.65. The fourth-order valence-electron chi connectivity index (χ4n) is 1.69. The molecule has 1 aromatic rings. The van der Waals surface area contributed by atoms with E-state index in [2.05, 4.69) is 5.32 Å². The first-order valence-corrected chi connectivity index (χ1v) is 5.79. The minimum Gasteiger partial charge on any atom is -0.312 e. The van der Waals surface area contributed by atoms with Gasteiger partial charge >= 0.3 is 0 Å². The number of rotatable bonds is 1. The van der Waals surface area contributed by atoms with Gasteiger partial charge in [-0.05, 0) is 18.7 Å². The molecule has 0 aromatic heterocycles. The Balaban J connectivity index is 0.000000980. The maximum Gasteiger partial charge on any atom is 0.180 e. The van der Waals surface area contributed by atoms with E-state index < -0.39 is 9.84 Å². The number of halogens is 1. The molecule has 14 heavy (non-hydrogen) atoms. The van der Waals surface area contributed by atoms with Gasteiger partial charge in [0.15, 0.2) is 9.84 Å². The summed E-state index contributed by atoms with van der Waals surface area (Å²) in [4.78, 5) is 0.481. The molecule has 1 heterocycles. The van der Waals surface area contributed by atoms with Gasteiger partial charge in [-0.15, -0.1) is 12.4 Å². The molecule has 0 amide bonds. The van der Waals surface area contributed by atoms with Crippen molar-refractivity contribution >= 4 is 22.2 Å². The summed E-state index contributed by atoms with van der Waals surface area (Å²) in [6.07, 6.45) is 0. The molecule has 1 atom stereocenters. The summed E-state index contributed by atoms with van der Waals surface area (Å²) in [6.45, 7) is 0. The molecule has 0 saturated carbocycles. The van der Waals surface area contributed by atoms with Gasteiger partial charge in [0.2, 0.25) is 0 Å². The van der Waals surface area contributed by atoms with Crippen LogP contribution in [0.1, 0.15) is 11.6 Å². The van der Waals surface area contributed by atoms with Crippen LogP contribution in [0.25, 0.3) is 0 Å². The van der Waals surface area contributed by atoms with E-state index in [0.717, 1.165) is 5.56 Å². The topological polar surface area (TPSA) is 46.2 Å². The number of hydrogen-bond donors (Lipinski definition) is 1. The second-order valence-corrected chi connectivity index (χ2v) is 5.16. The van der Waals surface area contributed by atoms with Gasteiger partial charge in [-0.2, -0.15) is 0 Å². The lowest BCUT2D eigenvalue weighted by molar-refractivity contribution is 0.591. The van der Waals surface area contributed by atoms with Gasteiger partial charge < -0.3 is 5.32 Å². The molecule has 1 unspecified atom stereocenters. The highest BCUT2D eigenvalue weighted by molar-refractivity contribution is 7.91. The van der Waals surface area contributed by atoms with Crippen molar-refractivity contribution < 1.29 is 8.42 Å². The van der Waals surface area contributed by atoms with Crippen LogP contribution in [0.5, 0.6) is 0 Å². The Bertz CT molecular complexity index is 430. The number of sulfone groups is 1. The molecular formula is C9H12ClNO2S. The fraction of sp³-hybridized carbons (Fsp3) is 0.333. The summed E-state index contributed by atoms with van der Waals surface area (Å²) in [5.41, 5.74) is 0.894. The van der Waals surface area contributed by atoms with Gasteiger partial charge in [0.1, 0.15) is 0 Å². The zero-order valence-electron chi connectivity index (χ0n) is 7.73. The zero-order valence-corrected chi connectivity index (χ0v) is 9.36. The van der Waals surface area contributed by atoms with E-state index in [1.165, 1.54) is 0 Å². The van der Waals surface area contributed by atoms with Crippen LogP contribution in [-0.4, -0.2) is 21.2 Å². The van der Waals surface area contributed by atoms with Gasteiger partial charge in [0.05, 0.1) is 10.6 Å². The van der Waals surface area contributed by atoms with Crippen molar-refractivity contribution in [3.63, 3.8) is 0 Å². The minimum atomic E-state index is -3.03. The Morgan fingerprint density at radius 3 is 2.64 bits per heavy atom. The molecule has 0 fully saturated rings. The average molecular weight is 234 g/mol. The second kappa shape index (κ2) is 3.88. The molecule has 78 valence electrons. The largest absolute Gasteiger partial charge is 0.312 e. The molecule has 1 aliphatic rings. The Morgan fingerprint density at radius 2 is 2.00 bits per heavy atom. The van der Waals surface area contributed by atoms with Gasteiger partial charge in [-0.25, -0.2) is 8.42 Å². The monoisotopic (exact) mass is 233 g/mol. The summed E-state index contributed by atoms with van der Waals surface area (Å²) in [6, 6.07) is 7.11. The second-order valence-electron chi connectivity index (χ2n) is 3.16. The summed E-state index contributed by atoms with van der Waals surface area (Å²) in [5, 5.41) is 3.00. The Kier molecular flexibility index (Phi) is 3.19. The average Bonchev–Trinajstić information content (AvgIpc) is 2.39. The number of fused-ring (bicyclic) bond motifs is 1. The molecule has 2 rings (SSSR count). The van der Waals surface area contributed by atoms with Gasteiger partial charge in [0, 0.05) is 6.04 Å². The molecule has 5 heteroatoms. The molecule has 0 saturated heterocycles. The molecule has 1 aromatic carbocycles. The summed E-state index contributed by atoms with van der Waals surface area (Å²) in [5.74, 6) is 0.183. The smallest absolute Gasteiger partial charge is 0.180 e. The van der Waals surface area contributed by atoms with E-state index in [1.54, 1.807) is 19.2 Å². The Morgan fingerprint density at radius 1 is 1.36 bits per heavy atom. The van der Waals surface area contributed by atoms with E-state index in [9.17, 15) is 8.42 Å². The van der Waals surface area contributed by atoms with Crippen molar-refractivity contribution in [1.29, 1.82) is 0 Å². The molecule has 0 spiro atoms. The Labute approximate surface area is 89.8 Å². The summed E-state index contributed by atoms with van der Waals surface area (Å²) < 4.78 is 23.2. The van der Waals surface area contributed by atoms with Crippen molar-refractivity contribution in [1.82, 2.24) is 5.32 Å². The molecule has 0 aliphatic carbocycles. The summed E-state index contributed by atoms with van der Waals surface area (Å²) >= 11 is 0. The first kappa shape index (κ1) is 11.5. The molecule has 1 N–H and O–H groups in total. The van der Waals surface area contributed by atoms with Gasteiger partial charge in [-0.3, -0.25) is 0 Å². The number of nitrogens with one attached hydrogen (secondary N) is 1. The van der Waals surface area contributed by atoms with Gasteiger partial charge in [-0.1, -0.05) is 18.2 Å². The van der Waals surface area contributed by atoms with Crippen molar-refractivity contribution in [2.45, 2.75) is 10.9 Å².